The maximum atomic E-state index is 12.6. The van der Waals surface area contributed by atoms with Gasteiger partial charge in [-0.05, 0) is 44.1 Å². The van der Waals surface area contributed by atoms with E-state index >= 15 is 0 Å². The molecule has 0 radical (unpaired) electrons. The SMILES string of the molecule is N#CCC[C@@H]1CCC[C@H](Nc2c(C(=O)OC3CC3)cnc3[nH]ccc23)C1. The van der Waals surface area contributed by atoms with Crippen LogP contribution in [0.5, 0.6) is 0 Å². The zero-order valence-electron chi connectivity index (χ0n) is 14.8. The average molecular weight is 352 g/mol. The number of fused-ring (bicyclic) bond motifs is 1. The Bertz CT molecular complexity index is 834. The Balaban J connectivity index is 1.56. The molecule has 2 aliphatic carbocycles. The Kier molecular flexibility index (Phi) is 4.79. The number of aromatic amines is 1. The summed E-state index contributed by atoms with van der Waals surface area (Å²) in [5, 5.41) is 13.4. The van der Waals surface area contributed by atoms with Crippen LogP contribution in [0.3, 0.4) is 0 Å². The number of rotatable bonds is 6. The molecule has 6 heteroatoms. The molecule has 2 aromatic heterocycles. The van der Waals surface area contributed by atoms with Crippen molar-refractivity contribution in [3.05, 3.63) is 24.0 Å². The molecule has 0 aliphatic heterocycles. The molecule has 2 aromatic rings. The first-order chi connectivity index (χ1) is 12.7. The Labute approximate surface area is 152 Å². The number of nitrogens with one attached hydrogen (secondary N) is 2. The standard InChI is InChI=1S/C20H24N4O2/c21-9-2-4-13-3-1-5-14(11-13)24-18-16-8-10-22-19(16)23-12-17(18)20(25)26-15-6-7-15/h8,10,12-15H,1-7,11H2,(H2,22,23,24)/t13-,14-/m0/s1. The van der Waals surface area contributed by atoms with Crippen molar-refractivity contribution < 1.29 is 9.53 Å². The number of esters is 1. The van der Waals surface area contributed by atoms with E-state index in [9.17, 15) is 4.79 Å². The summed E-state index contributed by atoms with van der Waals surface area (Å²) in [4.78, 5) is 20.1. The van der Waals surface area contributed by atoms with Crippen molar-refractivity contribution >= 4 is 22.7 Å². The second-order valence-corrected chi connectivity index (χ2v) is 7.46. The molecule has 2 atom stereocenters. The number of nitriles is 1. The fourth-order valence-corrected chi connectivity index (χ4v) is 3.88. The molecule has 4 rings (SSSR count). The highest BCUT2D eigenvalue weighted by atomic mass is 16.5. The number of nitrogens with zero attached hydrogens (tertiary/aromatic N) is 2. The van der Waals surface area contributed by atoms with Gasteiger partial charge in [0.25, 0.3) is 0 Å². The van der Waals surface area contributed by atoms with E-state index in [1.807, 2.05) is 12.3 Å². The number of anilines is 1. The van der Waals surface area contributed by atoms with Crippen LogP contribution < -0.4 is 5.32 Å². The van der Waals surface area contributed by atoms with E-state index in [0.29, 0.717) is 23.9 Å². The van der Waals surface area contributed by atoms with Gasteiger partial charge in [0.05, 0.1) is 11.8 Å². The minimum Gasteiger partial charge on any atom is -0.459 e. The quantitative estimate of drug-likeness (QED) is 0.762. The van der Waals surface area contributed by atoms with Crippen LogP contribution >= 0.6 is 0 Å². The molecule has 6 nitrogen and oxygen atoms in total. The van der Waals surface area contributed by atoms with Crippen LogP contribution in [0.15, 0.2) is 18.5 Å². The normalized spacial score (nSPS) is 22.7. The first-order valence-electron chi connectivity index (χ1n) is 9.55. The van der Waals surface area contributed by atoms with E-state index in [2.05, 4.69) is 21.4 Å². The summed E-state index contributed by atoms with van der Waals surface area (Å²) in [5.41, 5.74) is 2.11. The van der Waals surface area contributed by atoms with Crippen molar-refractivity contribution in [1.82, 2.24) is 9.97 Å². The molecule has 0 spiro atoms. The number of hydrogen-bond acceptors (Lipinski definition) is 5. The van der Waals surface area contributed by atoms with Gasteiger partial charge in [-0.25, -0.2) is 9.78 Å². The summed E-state index contributed by atoms with van der Waals surface area (Å²) in [5.74, 6) is 0.286. The lowest BCUT2D eigenvalue weighted by Crippen LogP contribution is -2.28. The molecule has 0 aromatic carbocycles. The predicted octanol–water partition coefficient (Wildman–Crippen LogP) is 4.16. The molecule has 0 saturated heterocycles. The molecule has 0 unspecified atom stereocenters. The monoisotopic (exact) mass is 352 g/mol. The first-order valence-corrected chi connectivity index (χ1v) is 9.55. The fourth-order valence-electron chi connectivity index (χ4n) is 3.88. The van der Waals surface area contributed by atoms with Gasteiger partial charge in [0, 0.05) is 30.2 Å². The minimum atomic E-state index is -0.289. The summed E-state index contributed by atoms with van der Waals surface area (Å²) in [6.45, 7) is 0. The predicted molar refractivity (Wildman–Crippen MR) is 98.7 cm³/mol. The third-order valence-corrected chi connectivity index (χ3v) is 5.40. The van der Waals surface area contributed by atoms with Crippen LogP contribution in [-0.2, 0) is 4.74 Å². The average Bonchev–Trinajstić information content (AvgIpc) is 3.32. The van der Waals surface area contributed by atoms with Gasteiger partial charge >= 0.3 is 5.97 Å². The number of aromatic nitrogens is 2. The molecular formula is C20H24N4O2. The van der Waals surface area contributed by atoms with Crippen molar-refractivity contribution in [2.24, 2.45) is 5.92 Å². The largest absolute Gasteiger partial charge is 0.459 e. The first kappa shape index (κ1) is 16.9. The number of carbonyl (C=O) groups excluding carboxylic acids is 1. The molecule has 2 N–H and O–H groups in total. The summed E-state index contributed by atoms with van der Waals surface area (Å²) >= 11 is 0. The molecule has 0 amide bonds. The van der Waals surface area contributed by atoms with E-state index < -0.39 is 0 Å². The third kappa shape index (κ3) is 3.67. The van der Waals surface area contributed by atoms with Gasteiger partial charge in [0.1, 0.15) is 17.3 Å². The van der Waals surface area contributed by atoms with Crippen molar-refractivity contribution in [3.8, 4) is 6.07 Å². The minimum absolute atomic E-state index is 0.0716. The zero-order chi connectivity index (χ0) is 17.9. The van der Waals surface area contributed by atoms with Gasteiger partial charge in [0.2, 0.25) is 0 Å². The number of hydrogen-bond donors (Lipinski definition) is 2. The summed E-state index contributed by atoms with van der Waals surface area (Å²) in [7, 11) is 0. The van der Waals surface area contributed by atoms with E-state index in [0.717, 1.165) is 55.2 Å². The van der Waals surface area contributed by atoms with Crippen LogP contribution in [-0.4, -0.2) is 28.1 Å². The lowest BCUT2D eigenvalue weighted by Gasteiger charge is -2.30. The van der Waals surface area contributed by atoms with Crippen molar-refractivity contribution in [3.63, 3.8) is 0 Å². The van der Waals surface area contributed by atoms with E-state index in [1.165, 1.54) is 6.42 Å². The zero-order valence-corrected chi connectivity index (χ0v) is 14.8. The highest BCUT2D eigenvalue weighted by Gasteiger charge is 2.29. The molecule has 2 heterocycles. The number of pyridine rings is 1. The molecular weight excluding hydrogens is 328 g/mol. The summed E-state index contributed by atoms with van der Waals surface area (Å²) in [6.07, 6.45) is 11.5. The second kappa shape index (κ2) is 7.36. The smallest absolute Gasteiger partial charge is 0.342 e. The van der Waals surface area contributed by atoms with E-state index in [1.54, 1.807) is 6.20 Å². The third-order valence-electron chi connectivity index (χ3n) is 5.40. The van der Waals surface area contributed by atoms with E-state index in [4.69, 9.17) is 10.00 Å². The maximum Gasteiger partial charge on any atom is 0.342 e. The Morgan fingerprint density at radius 3 is 3.08 bits per heavy atom. The summed E-state index contributed by atoms with van der Waals surface area (Å²) in [6, 6.07) is 4.51. The second-order valence-electron chi connectivity index (χ2n) is 7.46. The number of ether oxygens (including phenoxy) is 1. The van der Waals surface area contributed by atoms with E-state index in [-0.39, 0.29) is 12.1 Å². The maximum absolute atomic E-state index is 12.6. The topological polar surface area (TPSA) is 90.8 Å². The lowest BCUT2D eigenvalue weighted by molar-refractivity contribution is 0.0473. The highest BCUT2D eigenvalue weighted by Crippen LogP contribution is 2.34. The Morgan fingerprint density at radius 1 is 1.38 bits per heavy atom. The van der Waals surface area contributed by atoms with Crippen LogP contribution in [0.4, 0.5) is 5.69 Å². The number of carbonyl (C=O) groups is 1. The molecule has 136 valence electrons. The van der Waals surface area contributed by atoms with Crippen LogP contribution in [0, 0.1) is 17.2 Å². The van der Waals surface area contributed by atoms with Crippen molar-refractivity contribution in [2.45, 2.75) is 63.5 Å². The van der Waals surface area contributed by atoms with Gasteiger partial charge < -0.3 is 15.0 Å². The number of H-pyrrole nitrogens is 1. The van der Waals surface area contributed by atoms with Crippen LogP contribution in [0.1, 0.15) is 61.7 Å². The van der Waals surface area contributed by atoms with Crippen molar-refractivity contribution in [2.75, 3.05) is 5.32 Å². The van der Waals surface area contributed by atoms with Gasteiger partial charge in [-0.15, -0.1) is 0 Å². The van der Waals surface area contributed by atoms with Gasteiger partial charge in [-0.1, -0.05) is 12.8 Å². The molecule has 2 saturated carbocycles. The molecule has 26 heavy (non-hydrogen) atoms. The highest BCUT2D eigenvalue weighted by molar-refractivity contribution is 6.04. The van der Waals surface area contributed by atoms with Gasteiger partial charge in [-0.2, -0.15) is 5.26 Å². The van der Waals surface area contributed by atoms with Gasteiger partial charge in [0.15, 0.2) is 0 Å². The lowest BCUT2D eigenvalue weighted by atomic mass is 9.83. The molecule has 2 fully saturated rings. The van der Waals surface area contributed by atoms with Crippen molar-refractivity contribution in [1.29, 1.82) is 5.26 Å². The van der Waals surface area contributed by atoms with Crippen LogP contribution in [0.2, 0.25) is 0 Å². The Hall–Kier alpha value is -2.55. The molecule has 0 bridgehead atoms. The molecule has 2 aliphatic rings. The Morgan fingerprint density at radius 2 is 2.27 bits per heavy atom. The fraction of sp³-hybridized carbons (Fsp3) is 0.550. The summed E-state index contributed by atoms with van der Waals surface area (Å²) < 4.78 is 5.51. The van der Waals surface area contributed by atoms with Crippen LogP contribution in [0.25, 0.3) is 11.0 Å². The van der Waals surface area contributed by atoms with Gasteiger partial charge in [-0.3, -0.25) is 0 Å².